The monoisotopic (exact) mass is 714 g/mol. The van der Waals surface area contributed by atoms with E-state index in [1.807, 2.05) is 84.9 Å². The van der Waals surface area contributed by atoms with Crippen molar-refractivity contribution in [3.05, 3.63) is 175 Å². The van der Waals surface area contributed by atoms with Gasteiger partial charge in [-0.25, -0.2) is 4.85 Å². The number of furan rings is 2. The summed E-state index contributed by atoms with van der Waals surface area (Å²) in [4.78, 5) is 3.98. The SMILES string of the molecule is [C-]#[N+]c1ccc(-n2c3ccccc3c3c4oc5ccccc5c4ccc32)cc1-c1cc(-n2c3ccccc3c3c4oc5ccccc5c4ccc32)ccc1C#N. The number of para-hydroxylation sites is 4. The van der Waals surface area contributed by atoms with Crippen molar-refractivity contribution in [3.63, 3.8) is 0 Å². The molecule has 8 aromatic carbocycles. The van der Waals surface area contributed by atoms with Crippen molar-refractivity contribution in [1.82, 2.24) is 9.13 Å². The lowest BCUT2D eigenvalue weighted by Gasteiger charge is -2.15. The number of hydrogen-bond donors (Lipinski definition) is 0. The molecule has 0 aliphatic carbocycles. The summed E-state index contributed by atoms with van der Waals surface area (Å²) in [5, 5.41) is 19.1. The summed E-state index contributed by atoms with van der Waals surface area (Å²) >= 11 is 0. The molecule has 0 aliphatic rings. The maximum absolute atomic E-state index is 10.5. The lowest BCUT2D eigenvalue weighted by atomic mass is 9.97. The van der Waals surface area contributed by atoms with Gasteiger partial charge in [-0.15, -0.1) is 0 Å². The average molecular weight is 715 g/mol. The zero-order chi connectivity index (χ0) is 37.1. The van der Waals surface area contributed by atoms with Crippen molar-refractivity contribution < 1.29 is 8.83 Å². The maximum Gasteiger partial charge on any atom is 0.195 e. The van der Waals surface area contributed by atoms with E-state index in [4.69, 9.17) is 15.4 Å². The Morgan fingerprint density at radius 3 is 1.48 bits per heavy atom. The van der Waals surface area contributed by atoms with Crippen molar-refractivity contribution in [3.8, 4) is 28.6 Å². The molecule has 0 amide bonds. The van der Waals surface area contributed by atoms with Crippen molar-refractivity contribution >= 4 is 93.2 Å². The maximum atomic E-state index is 10.5. The molecule has 0 spiro atoms. The van der Waals surface area contributed by atoms with Gasteiger partial charge in [0.15, 0.2) is 5.69 Å². The minimum atomic E-state index is 0.467. The van der Waals surface area contributed by atoms with E-state index in [1.54, 1.807) is 0 Å². The molecule has 0 saturated carbocycles. The first-order valence-electron chi connectivity index (χ1n) is 18.4. The van der Waals surface area contributed by atoms with Gasteiger partial charge in [-0.2, -0.15) is 5.26 Å². The van der Waals surface area contributed by atoms with E-state index >= 15 is 0 Å². The van der Waals surface area contributed by atoms with Crippen LogP contribution in [0.4, 0.5) is 5.69 Å². The van der Waals surface area contributed by atoms with Gasteiger partial charge in [0.1, 0.15) is 22.3 Å². The number of fused-ring (bicyclic) bond motifs is 14. The summed E-state index contributed by atoms with van der Waals surface area (Å²) in [6.45, 7) is 8.25. The predicted molar refractivity (Wildman–Crippen MR) is 226 cm³/mol. The van der Waals surface area contributed by atoms with E-state index < -0.39 is 0 Å². The Balaban J connectivity index is 1.10. The van der Waals surface area contributed by atoms with Gasteiger partial charge in [-0.1, -0.05) is 78.9 Å². The van der Waals surface area contributed by atoms with Crippen molar-refractivity contribution in [2.45, 2.75) is 0 Å². The van der Waals surface area contributed by atoms with E-state index in [0.717, 1.165) is 98.9 Å². The Morgan fingerprint density at radius 1 is 0.464 bits per heavy atom. The zero-order valence-electron chi connectivity index (χ0n) is 29.6. The van der Waals surface area contributed by atoms with Gasteiger partial charge in [0.25, 0.3) is 0 Å². The van der Waals surface area contributed by atoms with Crippen LogP contribution in [0.15, 0.2) is 167 Å². The third kappa shape index (κ3) is 4.02. The predicted octanol–water partition coefficient (Wildman–Crippen LogP) is 13.8. The second kappa shape index (κ2) is 11.2. The van der Waals surface area contributed by atoms with Crippen molar-refractivity contribution in [1.29, 1.82) is 5.26 Å². The van der Waals surface area contributed by atoms with Crippen LogP contribution >= 0.6 is 0 Å². The van der Waals surface area contributed by atoms with Crippen molar-refractivity contribution in [2.75, 3.05) is 0 Å². The average Bonchev–Trinajstić information content (AvgIpc) is 4.00. The molecule has 4 heterocycles. The topological polar surface area (TPSA) is 64.3 Å². The summed E-state index contributed by atoms with van der Waals surface area (Å²) in [5.74, 6) is 0. The van der Waals surface area contributed by atoms with Crippen molar-refractivity contribution in [2.24, 2.45) is 0 Å². The third-order valence-corrected chi connectivity index (χ3v) is 11.4. The molecular weight excluding hydrogens is 689 g/mol. The molecule has 0 fully saturated rings. The quantitative estimate of drug-likeness (QED) is 0.171. The summed E-state index contributed by atoms with van der Waals surface area (Å²) in [6, 6.07) is 55.8. The molecule has 0 radical (unpaired) electrons. The Hall–Kier alpha value is -8.06. The molecule has 6 heteroatoms. The van der Waals surface area contributed by atoms with E-state index in [0.29, 0.717) is 22.4 Å². The minimum absolute atomic E-state index is 0.467. The molecule has 56 heavy (non-hydrogen) atoms. The van der Waals surface area contributed by atoms with Crippen LogP contribution in [-0.4, -0.2) is 9.13 Å². The highest BCUT2D eigenvalue weighted by Gasteiger charge is 2.22. The molecule has 12 rings (SSSR count). The summed E-state index contributed by atoms with van der Waals surface area (Å²) in [5.41, 5.74) is 11.5. The highest BCUT2D eigenvalue weighted by Crippen LogP contribution is 2.44. The molecule has 0 saturated heterocycles. The number of nitrogens with zero attached hydrogens (tertiary/aromatic N) is 4. The summed E-state index contributed by atoms with van der Waals surface area (Å²) < 4.78 is 17.5. The molecule has 0 N–H and O–H groups in total. The smallest absolute Gasteiger partial charge is 0.195 e. The number of nitriles is 1. The third-order valence-electron chi connectivity index (χ3n) is 11.4. The number of benzene rings is 8. The van der Waals surface area contributed by atoms with Crippen LogP contribution in [0.25, 0.3) is 115 Å². The van der Waals surface area contributed by atoms with Gasteiger partial charge in [0, 0.05) is 43.7 Å². The molecule has 0 atom stereocenters. The minimum Gasteiger partial charge on any atom is -0.455 e. The normalized spacial score (nSPS) is 11.9. The molecule has 258 valence electrons. The zero-order valence-corrected chi connectivity index (χ0v) is 29.6. The molecule has 4 aromatic heterocycles. The fourth-order valence-electron chi connectivity index (χ4n) is 8.99. The number of hydrogen-bond acceptors (Lipinski definition) is 3. The lowest BCUT2D eigenvalue weighted by Crippen LogP contribution is -1.98. The highest BCUT2D eigenvalue weighted by molar-refractivity contribution is 6.25. The van der Waals surface area contributed by atoms with E-state index in [9.17, 15) is 5.26 Å². The Labute approximate surface area is 318 Å². The Morgan fingerprint density at radius 2 is 0.946 bits per heavy atom. The van der Waals surface area contributed by atoms with Crippen LogP contribution in [0.5, 0.6) is 0 Å². The molecule has 12 aromatic rings. The van der Waals surface area contributed by atoms with Crippen LogP contribution in [0.1, 0.15) is 5.56 Å². The van der Waals surface area contributed by atoms with Gasteiger partial charge >= 0.3 is 0 Å². The fraction of sp³-hybridized carbons (Fsp3) is 0. The Bertz CT molecular complexity index is 3500. The lowest BCUT2D eigenvalue weighted by molar-refractivity contribution is 0.672. The second-order valence-corrected chi connectivity index (χ2v) is 14.2. The fourth-order valence-corrected chi connectivity index (χ4v) is 8.99. The van der Waals surface area contributed by atoms with E-state index in [-0.39, 0.29) is 0 Å². The molecule has 0 aliphatic heterocycles. The first-order chi connectivity index (χ1) is 27.7. The Kier molecular flexibility index (Phi) is 6.10. The standard InChI is InChI=1S/C50H26N4O2/c1-52-40-23-20-31(54-42-15-7-3-13-37(42)48-44(54)25-22-35-33-11-5-9-17-46(33)56-50(35)48)27-39(40)38-26-30(19-18-29(38)28-51)53-41-14-6-2-12-36(41)47-43(53)24-21-34-32-10-4-8-16-45(32)55-49(34)47/h2-27H. The van der Waals surface area contributed by atoms with Crippen LogP contribution in [0.3, 0.4) is 0 Å². The van der Waals surface area contributed by atoms with Gasteiger partial charge in [-0.05, 0) is 90.0 Å². The second-order valence-electron chi connectivity index (χ2n) is 14.2. The largest absolute Gasteiger partial charge is 0.455 e. The van der Waals surface area contributed by atoms with Gasteiger partial charge in [0.2, 0.25) is 0 Å². The molecule has 0 bridgehead atoms. The number of aromatic nitrogens is 2. The number of rotatable bonds is 3. The first kappa shape index (κ1) is 30.4. The summed E-state index contributed by atoms with van der Waals surface area (Å²) in [6.07, 6.45) is 0. The molecular formula is C50H26N4O2. The van der Waals surface area contributed by atoms with E-state index in [1.165, 1.54) is 0 Å². The first-order valence-corrected chi connectivity index (χ1v) is 18.4. The molecule has 0 unspecified atom stereocenters. The van der Waals surface area contributed by atoms with Crippen LogP contribution in [0, 0.1) is 17.9 Å². The van der Waals surface area contributed by atoms with E-state index in [2.05, 4.69) is 92.8 Å². The van der Waals surface area contributed by atoms with Crippen LogP contribution in [-0.2, 0) is 0 Å². The van der Waals surface area contributed by atoms with Crippen LogP contribution < -0.4 is 0 Å². The van der Waals surface area contributed by atoms with Crippen LogP contribution in [0.2, 0.25) is 0 Å². The highest BCUT2D eigenvalue weighted by atomic mass is 16.3. The van der Waals surface area contributed by atoms with Gasteiger partial charge < -0.3 is 18.0 Å². The van der Waals surface area contributed by atoms with Gasteiger partial charge in [-0.3, -0.25) is 0 Å². The summed E-state index contributed by atoms with van der Waals surface area (Å²) in [7, 11) is 0. The molecule has 6 nitrogen and oxygen atoms in total. The van der Waals surface area contributed by atoms with Gasteiger partial charge in [0.05, 0.1) is 51.0 Å².